The lowest BCUT2D eigenvalue weighted by Gasteiger charge is -2.35. The number of hydrogen-bond donors (Lipinski definition) is 1. The highest BCUT2D eigenvalue weighted by atomic mass is 79.9. The first-order valence-electron chi connectivity index (χ1n) is 6.57. The Kier molecular flexibility index (Phi) is 7.37. The van der Waals surface area contributed by atoms with Crippen LogP contribution in [0.25, 0.3) is 0 Å². The Morgan fingerprint density at radius 2 is 1.95 bits per heavy atom. The Bertz CT molecular complexity index is 426. The van der Waals surface area contributed by atoms with Crippen LogP contribution >= 0.6 is 28.3 Å². The molecule has 0 spiro atoms. The minimum Gasteiger partial charge on any atom is -0.314 e. The second kappa shape index (κ2) is 8.27. The third kappa shape index (κ3) is 4.65. The van der Waals surface area contributed by atoms with Crippen molar-refractivity contribution in [3.8, 4) is 0 Å². The fourth-order valence-electron chi connectivity index (χ4n) is 2.47. The summed E-state index contributed by atoms with van der Waals surface area (Å²) in [5.41, 5.74) is 2.10. The van der Waals surface area contributed by atoms with E-state index in [0.717, 1.165) is 41.8 Å². The fraction of sp³-hybridized carbons (Fsp3) is 0.571. The summed E-state index contributed by atoms with van der Waals surface area (Å²) < 4.78 is 26.7. The SMILES string of the molecule is Cc1ccc([C@@H](CC(F)F)N2CCNCC2)cc1Br.Cl. The van der Waals surface area contributed by atoms with Gasteiger partial charge < -0.3 is 5.32 Å². The molecule has 1 aromatic rings. The van der Waals surface area contributed by atoms with Crippen LogP contribution in [0.1, 0.15) is 23.6 Å². The highest BCUT2D eigenvalue weighted by Gasteiger charge is 2.25. The Hall–Kier alpha value is -0.230. The maximum atomic E-state index is 12.9. The van der Waals surface area contributed by atoms with E-state index in [1.807, 2.05) is 25.1 Å². The van der Waals surface area contributed by atoms with Crippen LogP contribution in [0.4, 0.5) is 8.78 Å². The topological polar surface area (TPSA) is 15.3 Å². The van der Waals surface area contributed by atoms with Gasteiger partial charge in [0.2, 0.25) is 6.43 Å². The number of nitrogens with one attached hydrogen (secondary N) is 1. The van der Waals surface area contributed by atoms with E-state index in [4.69, 9.17) is 0 Å². The van der Waals surface area contributed by atoms with Gasteiger partial charge in [0, 0.05) is 43.1 Å². The van der Waals surface area contributed by atoms with Crippen molar-refractivity contribution in [2.24, 2.45) is 0 Å². The Morgan fingerprint density at radius 3 is 2.50 bits per heavy atom. The van der Waals surface area contributed by atoms with Crippen molar-refractivity contribution < 1.29 is 8.78 Å². The molecule has 20 heavy (non-hydrogen) atoms. The van der Waals surface area contributed by atoms with E-state index in [0.29, 0.717) is 0 Å². The van der Waals surface area contributed by atoms with Gasteiger partial charge in [-0.3, -0.25) is 4.90 Å². The van der Waals surface area contributed by atoms with Crippen molar-refractivity contribution >= 4 is 28.3 Å². The zero-order valence-electron chi connectivity index (χ0n) is 11.4. The molecule has 0 bridgehead atoms. The number of aryl methyl sites for hydroxylation is 1. The lowest BCUT2D eigenvalue weighted by atomic mass is 10.00. The monoisotopic (exact) mass is 368 g/mol. The molecule has 6 heteroatoms. The van der Waals surface area contributed by atoms with Crippen LogP contribution in [-0.2, 0) is 0 Å². The summed E-state index contributed by atoms with van der Waals surface area (Å²) in [6.07, 6.45) is -2.38. The van der Waals surface area contributed by atoms with Crippen molar-refractivity contribution in [1.82, 2.24) is 10.2 Å². The average molecular weight is 370 g/mol. The smallest absolute Gasteiger partial charge is 0.240 e. The van der Waals surface area contributed by atoms with Crippen LogP contribution < -0.4 is 5.32 Å². The van der Waals surface area contributed by atoms with Crippen molar-refractivity contribution in [3.05, 3.63) is 33.8 Å². The van der Waals surface area contributed by atoms with Gasteiger partial charge >= 0.3 is 0 Å². The van der Waals surface area contributed by atoms with Crippen molar-refractivity contribution in [1.29, 1.82) is 0 Å². The maximum Gasteiger partial charge on any atom is 0.240 e. The average Bonchev–Trinajstić information content (AvgIpc) is 2.40. The predicted molar refractivity (Wildman–Crippen MR) is 83.9 cm³/mol. The Labute approximate surface area is 133 Å². The van der Waals surface area contributed by atoms with Crippen molar-refractivity contribution in [2.45, 2.75) is 25.8 Å². The van der Waals surface area contributed by atoms with E-state index in [9.17, 15) is 8.78 Å². The molecular weight excluding hydrogens is 350 g/mol. The first-order chi connectivity index (χ1) is 9.08. The van der Waals surface area contributed by atoms with E-state index in [2.05, 4.69) is 26.1 Å². The number of piperazine rings is 1. The van der Waals surface area contributed by atoms with Gasteiger partial charge in [0.15, 0.2) is 0 Å². The molecule has 0 saturated carbocycles. The molecule has 1 aliphatic rings. The molecule has 0 aliphatic carbocycles. The van der Waals surface area contributed by atoms with Crippen LogP contribution in [0, 0.1) is 6.92 Å². The van der Waals surface area contributed by atoms with Gasteiger partial charge in [-0.25, -0.2) is 8.78 Å². The van der Waals surface area contributed by atoms with E-state index in [1.165, 1.54) is 0 Å². The van der Waals surface area contributed by atoms with Crippen LogP contribution in [0.15, 0.2) is 22.7 Å². The minimum absolute atomic E-state index is 0. The molecule has 0 radical (unpaired) electrons. The molecule has 0 amide bonds. The molecule has 1 atom stereocenters. The molecular formula is C14H20BrClF2N2. The van der Waals surface area contributed by atoms with Gasteiger partial charge in [-0.2, -0.15) is 0 Å². The van der Waals surface area contributed by atoms with E-state index >= 15 is 0 Å². The van der Waals surface area contributed by atoms with E-state index in [1.54, 1.807) is 0 Å². The molecule has 0 unspecified atom stereocenters. The van der Waals surface area contributed by atoms with Crippen LogP contribution in [0.3, 0.4) is 0 Å². The maximum absolute atomic E-state index is 12.9. The van der Waals surface area contributed by atoms with Gasteiger partial charge in [-0.05, 0) is 24.1 Å². The number of hydrogen-bond acceptors (Lipinski definition) is 2. The van der Waals surface area contributed by atoms with Crippen LogP contribution in [0.2, 0.25) is 0 Å². The number of alkyl halides is 2. The zero-order chi connectivity index (χ0) is 13.8. The molecule has 2 rings (SSSR count). The highest BCUT2D eigenvalue weighted by Crippen LogP contribution is 2.30. The summed E-state index contributed by atoms with van der Waals surface area (Å²) >= 11 is 3.49. The Balaban J connectivity index is 0.00000200. The van der Waals surface area contributed by atoms with Crippen molar-refractivity contribution in [2.75, 3.05) is 26.2 Å². The first-order valence-corrected chi connectivity index (χ1v) is 7.36. The Morgan fingerprint density at radius 1 is 1.30 bits per heavy atom. The lowest BCUT2D eigenvalue weighted by Crippen LogP contribution is -2.45. The molecule has 0 aromatic heterocycles. The minimum atomic E-state index is -2.28. The van der Waals surface area contributed by atoms with Gasteiger partial charge in [0.05, 0.1) is 0 Å². The summed E-state index contributed by atoms with van der Waals surface area (Å²) in [4.78, 5) is 2.15. The summed E-state index contributed by atoms with van der Waals surface area (Å²) in [7, 11) is 0. The predicted octanol–water partition coefficient (Wildman–Crippen LogP) is 3.78. The van der Waals surface area contributed by atoms with E-state index < -0.39 is 6.43 Å². The molecule has 1 aromatic carbocycles. The molecule has 1 fully saturated rings. The molecule has 114 valence electrons. The van der Waals surface area contributed by atoms with Gasteiger partial charge in [-0.1, -0.05) is 28.1 Å². The van der Waals surface area contributed by atoms with Crippen LogP contribution in [0.5, 0.6) is 0 Å². The van der Waals surface area contributed by atoms with Crippen molar-refractivity contribution in [3.63, 3.8) is 0 Å². The normalized spacial score (nSPS) is 17.9. The summed E-state index contributed by atoms with van der Waals surface area (Å²) in [6.45, 7) is 5.38. The third-order valence-corrected chi connectivity index (χ3v) is 4.43. The molecule has 2 nitrogen and oxygen atoms in total. The second-order valence-electron chi connectivity index (χ2n) is 4.94. The number of benzene rings is 1. The highest BCUT2D eigenvalue weighted by molar-refractivity contribution is 9.10. The van der Waals surface area contributed by atoms with Gasteiger partial charge in [0.1, 0.15) is 0 Å². The summed E-state index contributed by atoms with van der Waals surface area (Å²) in [5.74, 6) is 0. The summed E-state index contributed by atoms with van der Waals surface area (Å²) in [5, 5.41) is 3.26. The number of rotatable bonds is 4. The second-order valence-corrected chi connectivity index (χ2v) is 5.79. The number of nitrogens with zero attached hydrogens (tertiary/aromatic N) is 1. The number of halogens is 4. The third-order valence-electron chi connectivity index (χ3n) is 3.57. The molecule has 1 heterocycles. The lowest BCUT2D eigenvalue weighted by molar-refractivity contribution is 0.0739. The molecule has 1 N–H and O–H groups in total. The van der Waals surface area contributed by atoms with Gasteiger partial charge in [-0.15, -0.1) is 12.4 Å². The molecule has 1 saturated heterocycles. The zero-order valence-corrected chi connectivity index (χ0v) is 13.8. The summed E-state index contributed by atoms with van der Waals surface area (Å²) in [6, 6.07) is 5.73. The molecule has 1 aliphatic heterocycles. The standard InChI is InChI=1S/C14H19BrF2N2.ClH/c1-10-2-3-11(8-12(10)15)13(9-14(16)17)19-6-4-18-5-7-19;/h2-3,8,13-14,18H,4-7,9H2,1H3;1H/t13-;/m1./s1. The van der Waals surface area contributed by atoms with E-state index in [-0.39, 0.29) is 24.9 Å². The van der Waals surface area contributed by atoms with Gasteiger partial charge in [0.25, 0.3) is 0 Å². The van der Waals surface area contributed by atoms with Crippen LogP contribution in [-0.4, -0.2) is 37.5 Å². The first kappa shape index (κ1) is 17.8. The largest absolute Gasteiger partial charge is 0.314 e. The quantitative estimate of drug-likeness (QED) is 0.869. The fourth-order valence-corrected chi connectivity index (χ4v) is 2.87.